The largest absolute Gasteiger partial charge is 0.488 e. The maximum atomic E-state index is 6.02. The third kappa shape index (κ3) is 3.71. The second-order valence-electron chi connectivity index (χ2n) is 5.11. The molecule has 3 rings (SSSR count). The van der Waals surface area contributed by atoms with Crippen LogP contribution < -0.4 is 15.1 Å². The van der Waals surface area contributed by atoms with Gasteiger partial charge in [-0.25, -0.2) is 0 Å². The molecule has 0 bridgehead atoms. The minimum atomic E-state index is 0.444. The SMILES string of the molecule is C=CCNOc1ccccc1COc1cccc2ccccc12. The first-order chi connectivity index (χ1) is 11.4. The summed E-state index contributed by atoms with van der Waals surface area (Å²) in [6, 6.07) is 22.1. The molecule has 3 aromatic rings. The summed E-state index contributed by atoms with van der Waals surface area (Å²) in [5.41, 5.74) is 3.83. The molecule has 0 spiro atoms. The summed E-state index contributed by atoms with van der Waals surface area (Å²) in [5.74, 6) is 1.63. The van der Waals surface area contributed by atoms with E-state index in [4.69, 9.17) is 9.57 Å². The average molecular weight is 305 g/mol. The van der Waals surface area contributed by atoms with Crippen molar-refractivity contribution in [1.29, 1.82) is 0 Å². The molecule has 3 aromatic carbocycles. The highest BCUT2D eigenvalue weighted by Crippen LogP contribution is 2.27. The van der Waals surface area contributed by atoms with E-state index in [1.54, 1.807) is 6.08 Å². The van der Waals surface area contributed by atoms with Crippen molar-refractivity contribution in [2.45, 2.75) is 6.61 Å². The molecule has 0 atom stereocenters. The van der Waals surface area contributed by atoms with E-state index >= 15 is 0 Å². The number of rotatable bonds is 7. The summed E-state index contributed by atoms with van der Waals surface area (Å²) in [6.45, 7) is 4.68. The van der Waals surface area contributed by atoms with Gasteiger partial charge in [0.05, 0.1) is 0 Å². The van der Waals surface area contributed by atoms with Crippen LogP contribution >= 0.6 is 0 Å². The molecule has 0 aliphatic rings. The van der Waals surface area contributed by atoms with Gasteiger partial charge < -0.3 is 9.57 Å². The van der Waals surface area contributed by atoms with Gasteiger partial charge in [-0.3, -0.25) is 0 Å². The Morgan fingerprint density at radius 1 is 0.870 bits per heavy atom. The predicted molar refractivity (Wildman–Crippen MR) is 93.5 cm³/mol. The van der Waals surface area contributed by atoms with Gasteiger partial charge in [0.1, 0.15) is 12.4 Å². The minimum absolute atomic E-state index is 0.444. The predicted octanol–water partition coefficient (Wildman–Crippen LogP) is 4.49. The van der Waals surface area contributed by atoms with Crippen molar-refractivity contribution in [3.8, 4) is 11.5 Å². The van der Waals surface area contributed by atoms with E-state index in [1.165, 1.54) is 5.39 Å². The van der Waals surface area contributed by atoms with Crippen LogP contribution in [0.5, 0.6) is 11.5 Å². The number of hydrogen-bond acceptors (Lipinski definition) is 3. The van der Waals surface area contributed by atoms with Gasteiger partial charge in [-0.1, -0.05) is 60.7 Å². The first kappa shape index (κ1) is 15.1. The summed E-state index contributed by atoms with van der Waals surface area (Å²) in [5, 5.41) is 2.28. The van der Waals surface area contributed by atoms with Crippen LogP contribution in [0.2, 0.25) is 0 Å². The lowest BCUT2D eigenvalue weighted by molar-refractivity contribution is 0.200. The molecule has 0 amide bonds. The Hall–Kier alpha value is -2.78. The zero-order chi connectivity index (χ0) is 15.9. The van der Waals surface area contributed by atoms with E-state index in [1.807, 2.05) is 48.5 Å². The van der Waals surface area contributed by atoms with Gasteiger partial charge >= 0.3 is 0 Å². The number of para-hydroxylation sites is 1. The van der Waals surface area contributed by atoms with Crippen LogP contribution in [0.4, 0.5) is 0 Å². The summed E-state index contributed by atoms with van der Waals surface area (Å²) in [7, 11) is 0. The van der Waals surface area contributed by atoms with E-state index < -0.39 is 0 Å². The highest BCUT2D eigenvalue weighted by molar-refractivity contribution is 5.88. The van der Waals surface area contributed by atoms with Crippen molar-refractivity contribution >= 4 is 10.8 Å². The number of benzene rings is 3. The molecule has 3 nitrogen and oxygen atoms in total. The molecule has 0 fully saturated rings. The Labute approximate surface area is 136 Å². The monoisotopic (exact) mass is 305 g/mol. The number of hydrogen-bond donors (Lipinski definition) is 1. The fourth-order valence-electron chi connectivity index (χ4n) is 2.38. The van der Waals surface area contributed by atoms with Crippen molar-refractivity contribution in [2.24, 2.45) is 0 Å². The number of hydroxylamine groups is 1. The third-order valence-corrected chi connectivity index (χ3v) is 3.52. The Bertz CT molecular complexity index is 793. The quantitative estimate of drug-likeness (QED) is 0.396. The van der Waals surface area contributed by atoms with Crippen LogP contribution in [0.15, 0.2) is 79.4 Å². The molecular weight excluding hydrogens is 286 g/mol. The molecule has 0 saturated heterocycles. The maximum Gasteiger partial charge on any atom is 0.153 e. The van der Waals surface area contributed by atoms with Crippen LogP contribution in [0.1, 0.15) is 5.56 Å². The fourth-order valence-corrected chi connectivity index (χ4v) is 2.38. The van der Waals surface area contributed by atoms with Crippen molar-refractivity contribution in [3.63, 3.8) is 0 Å². The molecular formula is C20H19NO2. The van der Waals surface area contributed by atoms with Gasteiger partial charge in [-0.15, -0.1) is 6.58 Å². The van der Waals surface area contributed by atoms with E-state index in [0.29, 0.717) is 13.2 Å². The zero-order valence-electron chi connectivity index (χ0n) is 12.9. The van der Waals surface area contributed by atoms with E-state index in [9.17, 15) is 0 Å². The van der Waals surface area contributed by atoms with Crippen LogP contribution in [-0.2, 0) is 6.61 Å². The van der Waals surface area contributed by atoms with Crippen LogP contribution in [-0.4, -0.2) is 6.54 Å². The van der Waals surface area contributed by atoms with Crippen LogP contribution in [0.25, 0.3) is 10.8 Å². The van der Waals surface area contributed by atoms with Crippen molar-refractivity contribution in [1.82, 2.24) is 5.48 Å². The Morgan fingerprint density at radius 3 is 2.52 bits per heavy atom. The van der Waals surface area contributed by atoms with Gasteiger partial charge in [0.25, 0.3) is 0 Å². The normalized spacial score (nSPS) is 10.4. The topological polar surface area (TPSA) is 30.5 Å². The van der Waals surface area contributed by atoms with Gasteiger partial charge in [-0.05, 0) is 17.5 Å². The van der Waals surface area contributed by atoms with Crippen LogP contribution in [0, 0.1) is 0 Å². The highest BCUT2D eigenvalue weighted by Gasteiger charge is 2.06. The van der Waals surface area contributed by atoms with Crippen LogP contribution in [0.3, 0.4) is 0 Å². The second kappa shape index (κ2) is 7.47. The smallest absolute Gasteiger partial charge is 0.153 e. The lowest BCUT2D eigenvalue weighted by Gasteiger charge is -2.13. The first-order valence-electron chi connectivity index (χ1n) is 7.57. The molecule has 3 heteroatoms. The van der Waals surface area contributed by atoms with E-state index in [-0.39, 0.29) is 0 Å². The Balaban J connectivity index is 1.76. The standard InChI is InChI=1S/C20H19NO2/c1-2-14-21-23-19-12-6-4-9-17(19)15-22-20-13-7-10-16-8-3-5-11-18(16)20/h2-13,21H,1,14-15H2. The number of fused-ring (bicyclic) bond motifs is 1. The van der Waals surface area contributed by atoms with Crippen molar-refractivity contribution < 1.29 is 9.57 Å². The first-order valence-corrected chi connectivity index (χ1v) is 7.57. The molecule has 0 radical (unpaired) electrons. The number of nitrogens with one attached hydrogen (secondary N) is 1. The van der Waals surface area contributed by atoms with Gasteiger partial charge in [0.2, 0.25) is 0 Å². The maximum absolute atomic E-state index is 6.02. The molecule has 116 valence electrons. The Morgan fingerprint density at radius 2 is 1.61 bits per heavy atom. The second-order valence-corrected chi connectivity index (χ2v) is 5.11. The molecule has 0 heterocycles. The summed E-state index contributed by atoms with van der Waals surface area (Å²) < 4.78 is 6.02. The average Bonchev–Trinajstić information content (AvgIpc) is 2.61. The summed E-state index contributed by atoms with van der Waals surface area (Å²) >= 11 is 0. The third-order valence-electron chi connectivity index (χ3n) is 3.52. The summed E-state index contributed by atoms with van der Waals surface area (Å²) in [6.07, 6.45) is 1.75. The zero-order valence-corrected chi connectivity index (χ0v) is 12.9. The molecule has 0 saturated carbocycles. The molecule has 1 N–H and O–H groups in total. The minimum Gasteiger partial charge on any atom is -0.488 e. The molecule has 0 aliphatic carbocycles. The summed E-state index contributed by atoms with van der Waals surface area (Å²) in [4.78, 5) is 5.55. The van der Waals surface area contributed by atoms with Crippen molar-refractivity contribution in [3.05, 3.63) is 84.9 Å². The Kier molecular flexibility index (Phi) is 4.92. The van der Waals surface area contributed by atoms with E-state index in [2.05, 4.69) is 30.3 Å². The molecule has 0 aliphatic heterocycles. The highest BCUT2D eigenvalue weighted by atomic mass is 16.6. The van der Waals surface area contributed by atoms with Gasteiger partial charge in [0, 0.05) is 17.5 Å². The molecule has 23 heavy (non-hydrogen) atoms. The molecule has 0 aromatic heterocycles. The number of ether oxygens (including phenoxy) is 1. The lowest BCUT2D eigenvalue weighted by Crippen LogP contribution is -2.19. The van der Waals surface area contributed by atoms with Gasteiger partial charge in [0.15, 0.2) is 5.75 Å². The fraction of sp³-hybridized carbons (Fsp3) is 0.100. The van der Waals surface area contributed by atoms with Gasteiger partial charge in [-0.2, -0.15) is 5.48 Å². The van der Waals surface area contributed by atoms with Crippen molar-refractivity contribution in [2.75, 3.05) is 6.54 Å². The molecule has 0 unspecified atom stereocenters. The lowest BCUT2D eigenvalue weighted by atomic mass is 10.1. The van der Waals surface area contributed by atoms with E-state index in [0.717, 1.165) is 22.4 Å².